The second kappa shape index (κ2) is 7.36. The van der Waals surface area contributed by atoms with Crippen LogP contribution < -0.4 is 15.8 Å². The van der Waals surface area contributed by atoms with E-state index in [0.29, 0.717) is 5.69 Å². The van der Waals surface area contributed by atoms with Gasteiger partial charge in [0.15, 0.2) is 5.96 Å². The number of benzene rings is 1. The first kappa shape index (κ1) is 18.2. The number of halogens is 1. The first-order chi connectivity index (χ1) is 12.9. The molecule has 2 amide bonds. The minimum atomic E-state index is -0.758. The van der Waals surface area contributed by atoms with Crippen LogP contribution in [0.2, 0.25) is 0 Å². The number of aliphatic imine (C=N–C) groups is 1. The van der Waals surface area contributed by atoms with Crippen molar-refractivity contribution < 1.29 is 18.7 Å². The lowest BCUT2D eigenvalue weighted by molar-refractivity contribution is -0.127. The highest BCUT2D eigenvalue weighted by molar-refractivity contribution is 6.02. The van der Waals surface area contributed by atoms with E-state index in [9.17, 15) is 14.0 Å². The summed E-state index contributed by atoms with van der Waals surface area (Å²) in [6.45, 7) is 0. The molecular weight excluding hydrogens is 355 g/mol. The van der Waals surface area contributed by atoms with E-state index in [2.05, 4.69) is 20.3 Å². The summed E-state index contributed by atoms with van der Waals surface area (Å²) < 4.78 is 19.2. The fourth-order valence-corrected chi connectivity index (χ4v) is 2.51. The minimum absolute atomic E-state index is 0.0126. The largest absolute Gasteiger partial charge is 0.480 e. The smallest absolute Gasteiger partial charge is 0.275 e. The highest BCUT2D eigenvalue weighted by Crippen LogP contribution is 2.29. The summed E-state index contributed by atoms with van der Waals surface area (Å²) in [5, 5.41) is 2.61. The summed E-state index contributed by atoms with van der Waals surface area (Å²) in [5.74, 6) is -1.05. The second-order valence-electron chi connectivity index (χ2n) is 5.79. The Morgan fingerprint density at radius 1 is 1.37 bits per heavy atom. The van der Waals surface area contributed by atoms with E-state index < -0.39 is 17.8 Å². The van der Waals surface area contributed by atoms with Gasteiger partial charge in [-0.1, -0.05) is 0 Å². The van der Waals surface area contributed by atoms with Gasteiger partial charge in [0.1, 0.15) is 11.5 Å². The third-order valence-corrected chi connectivity index (χ3v) is 4.06. The van der Waals surface area contributed by atoms with Gasteiger partial charge < -0.3 is 15.8 Å². The Labute approximate surface area is 154 Å². The Hall–Kier alpha value is -3.56. The van der Waals surface area contributed by atoms with Crippen molar-refractivity contribution >= 4 is 23.5 Å². The molecule has 10 heteroatoms. The lowest BCUT2D eigenvalue weighted by atomic mass is 10.0. The van der Waals surface area contributed by atoms with Crippen molar-refractivity contribution in [2.75, 3.05) is 19.5 Å². The van der Waals surface area contributed by atoms with Gasteiger partial charge in [-0.05, 0) is 18.2 Å². The van der Waals surface area contributed by atoms with Crippen LogP contribution in [-0.4, -0.2) is 46.8 Å². The molecule has 1 aromatic carbocycles. The Bertz CT molecular complexity index is 915. The van der Waals surface area contributed by atoms with Crippen LogP contribution >= 0.6 is 0 Å². The standard InChI is InChI=1S/C17H17FN6O3/c1-24-15(25)6-12(23-17(24)19)10-5-9(3-4-11(10)18)22-16(26)13-7-21-14(27-2)8-20-13/h3-5,7-8,12H,6H2,1-2H3,(H2,19,23)(H,22,26)/t12-/m0/s1. The molecule has 1 aliphatic heterocycles. The predicted molar refractivity (Wildman–Crippen MR) is 94.7 cm³/mol. The maximum atomic E-state index is 14.3. The average molecular weight is 372 g/mol. The molecule has 3 N–H and O–H groups in total. The Balaban J connectivity index is 1.83. The highest BCUT2D eigenvalue weighted by atomic mass is 19.1. The number of hydrogen-bond donors (Lipinski definition) is 2. The lowest BCUT2D eigenvalue weighted by Gasteiger charge is -2.26. The van der Waals surface area contributed by atoms with Crippen molar-refractivity contribution in [2.24, 2.45) is 10.7 Å². The van der Waals surface area contributed by atoms with E-state index in [1.54, 1.807) is 0 Å². The molecule has 2 heterocycles. The zero-order valence-corrected chi connectivity index (χ0v) is 14.6. The minimum Gasteiger partial charge on any atom is -0.480 e. The van der Waals surface area contributed by atoms with E-state index in [0.717, 1.165) is 0 Å². The van der Waals surface area contributed by atoms with Crippen molar-refractivity contribution in [3.05, 3.63) is 47.7 Å². The third kappa shape index (κ3) is 3.84. The molecule has 1 aromatic heterocycles. The van der Waals surface area contributed by atoms with E-state index >= 15 is 0 Å². The number of aromatic nitrogens is 2. The van der Waals surface area contributed by atoms with Crippen molar-refractivity contribution in [3.63, 3.8) is 0 Å². The molecule has 3 rings (SSSR count). The molecule has 0 saturated heterocycles. The van der Waals surface area contributed by atoms with Crippen LogP contribution in [0.25, 0.3) is 0 Å². The summed E-state index contributed by atoms with van der Waals surface area (Å²) in [7, 11) is 2.94. The number of guanidine groups is 1. The average Bonchev–Trinajstić information content (AvgIpc) is 2.67. The van der Waals surface area contributed by atoms with Gasteiger partial charge in [-0.3, -0.25) is 14.5 Å². The predicted octanol–water partition coefficient (Wildman–Crippen LogP) is 1.09. The highest BCUT2D eigenvalue weighted by Gasteiger charge is 2.27. The second-order valence-corrected chi connectivity index (χ2v) is 5.79. The topological polar surface area (TPSA) is 123 Å². The Morgan fingerprint density at radius 3 is 2.78 bits per heavy atom. The maximum Gasteiger partial charge on any atom is 0.275 e. The van der Waals surface area contributed by atoms with Crippen LogP contribution in [0.5, 0.6) is 5.88 Å². The fourth-order valence-electron chi connectivity index (χ4n) is 2.51. The van der Waals surface area contributed by atoms with Crippen LogP contribution in [0, 0.1) is 5.82 Å². The van der Waals surface area contributed by atoms with Crippen molar-refractivity contribution in [1.82, 2.24) is 14.9 Å². The third-order valence-electron chi connectivity index (χ3n) is 4.06. The maximum absolute atomic E-state index is 14.3. The summed E-state index contributed by atoms with van der Waals surface area (Å²) in [4.78, 5) is 37.4. The summed E-state index contributed by atoms with van der Waals surface area (Å²) in [6, 6.07) is 3.26. The normalized spacial score (nSPS) is 16.7. The molecule has 140 valence electrons. The van der Waals surface area contributed by atoms with Crippen LogP contribution in [0.4, 0.5) is 10.1 Å². The van der Waals surface area contributed by atoms with Gasteiger partial charge in [0, 0.05) is 18.3 Å². The molecule has 27 heavy (non-hydrogen) atoms. The van der Waals surface area contributed by atoms with Crippen LogP contribution in [-0.2, 0) is 4.79 Å². The molecule has 0 bridgehead atoms. The van der Waals surface area contributed by atoms with Gasteiger partial charge in [0.05, 0.1) is 32.0 Å². The van der Waals surface area contributed by atoms with Crippen molar-refractivity contribution in [3.8, 4) is 5.88 Å². The summed E-state index contributed by atoms with van der Waals surface area (Å²) in [6.07, 6.45) is 2.56. The van der Waals surface area contributed by atoms with Gasteiger partial charge in [0.25, 0.3) is 5.91 Å². The number of methoxy groups -OCH3 is 1. The molecule has 0 radical (unpaired) electrons. The lowest BCUT2D eigenvalue weighted by Crippen LogP contribution is -2.42. The number of amides is 2. The fraction of sp³-hybridized carbons (Fsp3) is 0.235. The summed E-state index contributed by atoms with van der Waals surface area (Å²) in [5.41, 5.74) is 6.26. The molecule has 0 saturated carbocycles. The summed E-state index contributed by atoms with van der Waals surface area (Å²) >= 11 is 0. The zero-order valence-electron chi connectivity index (χ0n) is 14.6. The quantitative estimate of drug-likeness (QED) is 0.828. The first-order valence-electron chi connectivity index (χ1n) is 7.95. The molecule has 0 aliphatic carbocycles. The molecule has 9 nitrogen and oxygen atoms in total. The van der Waals surface area contributed by atoms with Gasteiger partial charge in [-0.25, -0.2) is 19.4 Å². The monoisotopic (exact) mass is 372 g/mol. The van der Waals surface area contributed by atoms with Gasteiger partial charge in [-0.15, -0.1) is 0 Å². The molecule has 1 aliphatic rings. The Kier molecular flexibility index (Phi) is 4.97. The SMILES string of the molecule is COc1cnc(C(=O)Nc2ccc(F)c([C@@H]3CC(=O)N(C)C(N)=N3)c2)cn1. The molecular formula is C17H17FN6O3. The van der Waals surface area contributed by atoms with E-state index in [4.69, 9.17) is 10.5 Å². The van der Waals surface area contributed by atoms with Crippen molar-refractivity contribution in [2.45, 2.75) is 12.5 Å². The number of hydrogen-bond acceptors (Lipinski definition) is 7. The molecule has 2 aromatic rings. The first-order valence-corrected chi connectivity index (χ1v) is 7.95. The van der Waals surface area contributed by atoms with Crippen LogP contribution in [0.1, 0.15) is 28.5 Å². The number of nitrogens with one attached hydrogen (secondary N) is 1. The number of rotatable bonds is 4. The number of carbonyl (C=O) groups is 2. The zero-order chi connectivity index (χ0) is 19.6. The van der Waals surface area contributed by atoms with Gasteiger partial charge >= 0.3 is 0 Å². The van der Waals surface area contributed by atoms with Gasteiger partial charge in [0.2, 0.25) is 11.8 Å². The Morgan fingerprint density at radius 2 is 2.15 bits per heavy atom. The molecule has 1 atom stereocenters. The number of nitrogens with zero attached hydrogens (tertiary/aromatic N) is 4. The number of ether oxygens (including phenoxy) is 1. The number of nitrogens with two attached hydrogens (primary N) is 1. The van der Waals surface area contributed by atoms with E-state index in [1.165, 1.54) is 49.7 Å². The van der Waals surface area contributed by atoms with Crippen molar-refractivity contribution in [1.29, 1.82) is 0 Å². The van der Waals surface area contributed by atoms with E-state index in [-0.39, 0.29) is 35.4 Å². The number of anilines is 1. The number of carbonyl (C=O) groups excluding carboxylic acids is 2. The molecule has 0 unspecified atom stereocenters. The molecule has 0 fully saturated rings. The molecule has 0 spiro atoms. The van der Waals surface area contributed by atoms with Crippen LogP contribution in [0.15, 0.2) is 35.6 Å². The van der Waals surface area contributed by atoms with E-state index in [1.807, 2.05) is 0 Å². The van der Waals surface area contributed by atoms with Gasteiger partial charge in [-0.2, -0.15) is 0 Å². The van der Waals surface area contributed by atoms with Crippen LogP contribution in [0.3, 0.4) is 0 Å².